The molecular formula is C16H22N4O2S. The molecule has 2 amide bonds. The van der Waals surface area contributed by atoms with Crippen molar-refractivity contribution in [2.45, 2.75) is 38.8 Å². The molecule has 124 valence electrons. The van der Waals surface area contributed by atoms with Gasteiger partial charge in [-0.2, -0.15) is 0 Å². The van der Waals surface area contributed by atoms with Crippen LogP contribution in [0.4, 0.5) is 10.5 Å². The number of carbonyl (C=O) groups excluding carboxylic acids is 1. The van der Waals surface area contributed by atoms with E-state index in [9.17, 15) is 4.79 Å². The Bertz CT molecular complexity index is 626. The summed E-state index contributed by atoms with van der Waals surface area (Å²) >= 11 is 1.31. The number of nitrogens with one attached hydrogen (secondary N) is 2. The Kier molecular flexibility index (Phi) is 5.68. The maximum Gasteiger partial charge on any atom is 0.319 e. The van der Waals surface area contributed by atoms with Gasteiger partial charge in [-0.05, 0) is 50.9 Å². The number of urea groups is 1. The molecular weight excluding hydrogens is 312 g/mol. The molecule has 0 aliphatic rings. The lowest BCUT2D eigenvalue weighted by atomic mass is 10.00. The number of anilines is 1. The Morgan fingerprint density at radius 3 is 2.61 bits per heavy atom. The van der Waals surface area contributed by atoms with E-state index in [1.165, 1.54) is 11.5 Å². The minimum Gasteiger partial charge on any atom is -0.379 e. The maximum absolute atomic E-state index is 12.0. The molecule has 0 aliphatic heterocycles. The molecule has 1 aromatic carbocycles. The molecule has 0 saturated heterocycles. The van der Waals surface area contributed by atoms with Crippen LogP contribution in [0.5, 0.6) is 0 Å². The van der Waals surface area contributed by atoms with Gasteiger partial charge in [-0.15, -0.1) is 5.10 Å². The summed E-state index contributed by atoms with van der Waals surface area (Å²) in [7, 11) is 1.67. The number of hydrogen-bond donors (Lipinski definition) is 2. The number of hydrogen-bond acceptors (Lipinski definition) is 5. The summed E-state index contributed by atoms with van der Waals surface area (Å²) in [6, 6.07) is 7.28. The van der Waals surface area contributed by atoms with Gasteiger partial charge in [-0.1, -0.05) is 16.6 Å². The highest BCUT2D eigenvalue weighted by Gasteiger charge is 2.21. The fraction of sp³-hybridized carbons (Fsp3) is 0.438. The molecule has 0 aliphatic carbocycles. The topological polar surface area (TPSA) is 76.1 Å². The molecule has 7 heteroatoms. The number of methoxy groups -OCH3 is 1. The van der Waals surface area contributed by atoms with Gasteiger partial charge in [0.1, 0.15) is 5.69 Å². The van der Waals surface area contributed by atoms with Gasteiger partial charge in [-0.25, -0.2) is 4.79 Å². The van der Waals surface area contributed by atoms with E-state index in [4.69, 9.17) is 4.74 Å². The van der Waals surface area contributed by atoms with Crippen LogP contribution < -0.4 is 10.6 Å². The molecule has 6 nitrogen and oxygen atoms in total. The Balaban J connectivity index is 1.88. The minimum absolute atomic E-state index is 0.00491. The van der Waals surface area contributed by atoms with E-state index in [0.29, 0.717) is 0 Å². The lowest BCUT2D eigenvalue weighted by Gasteiger charge is -2.27. The van der Waals surface area contributed by atoms with Crippen LogP contribution in [0.15, 0.2) is 29.6 Å². The monoisotopic (exact) mass is 334 g/mol. The fourth-order valence-corrected chi connectivity index (χ4v) is 2.74. The van der Waals surface area contributed by atoms with E-state index in [-0.39, 0.29) is 17.7 Å². The molecule has 23 heavy (non-hydrogen) atoms. The number of amides is 2. The molecule has 1 aromatic heterocycles. The molecule has 0 spiro atoms. The average molecular weight is 334 g/mol. The third-order valence-corrected chi connectivity index (χ3v) is 4.03. The van der Waals surface area contributed by atoms with Gasteiger partial charge in [0.05, 0.1) is 5.60 Å². The molecule has 0 radical (unpaired) electrons. The molecule has 0 unspecified atom stereocenters. The smallest absolute Gasteiger partial charge is 0.319 e. The van der Waals surface area contributed by atoms with Gasteiger partial charge in [0.25, 0.3) is 0 Å². The first kappa shape index (κ1) is 17.4. The summed E-state index contributed by atoms with van der Waals surface area (Å²) in [5, 5.41) is 11.6. The normalized spacial score (nSPS) is 12.7. The number of aromatic nitrogens is 2. The highest BCUT2D eigenvalue weighted by atomic mass is 32.1. The Labute approximate surface area is 140 Å². The number of benzene rings is 1. The van der Waals surface area contributed by atoms with E-state index in [1.807, 2.05) is 50.4 Å². The van der Waals surface area contributed by atoms with Crippen LogP contribution in [0.25, 0.3) is 11.3 Å². The zero-order chi connectivity index (χ0) is 16.9. The molecule has 0 fully saturated rings. The van der Waals surface area contributed by atoms with Crippen molar-refractivity contribution in [2.75, 3.05) is 12.4 Å². The zero-order valence-corrected chi connectivity index (χ0v) is 14.6. The van der Waals surface area contributed by atoms with Gasteiger partial charge >= 0.3 is 6.03 Å². The largest absolute Gasteiger partial charge is 0.379 e. The van der Waals surface area contributed by atoms with Crippen LogP contribution in [0, 0.1) is 0 Å². The highest BCUT2D eigenvalue weighted by molar-refractivity contribution is 7.03. The molecule has 2 aromatic rings. The molecule has 1 atom stereocenters. The second-order valence-corrected chi connectivity index (χ2v) is 6.64. The van der Waals surface area contributed by atoms with Gasteiger partial charge in [-0.3, -0.25) is 0 Å². The first-order chi connectivity index (χ1) is 10.9. The van der Waals surface area contributed by atoms with Crippen LogP contribution in [0.2, 0.25) is 0 Å². The Morgan fingerprint density at radius 2 is 2.04 bits per heavy atom. The second-order valence-electron chi connectivity index (χ2n) is 6.03. The number of ether oxygens (including phenoxy) is 1. The van der Waals surface area contributed by atoms with Gasteiger partial charge in [0.2, 0.25) is 0 Å². The van der Waals surface area contributed by atoms with E-state index in [1.54, 1.807) is 7.11 Å². The Hall–Kier alpha value is -1.99. The van der Waals surface area contributed by atoms with Crippen LogP contribution in [0.1, 0.15) is 27.2 Å². The lowest BCUT2D eigenvalue weighted by molar-refractivity contribution is 0.00963. The lowest BCUT2D eigenvalue weighted by Crippen LogP contribution is -2.40. The van der Waals surface area contributed by atoms with Crippen molar-refractivity contribution in [3.63, 3.8) is 0 Å². The first-order valence-corrected chi connectivity index (χ1v) is 8.23. The van der Waals surface area contributed by atoms with E-state index < -0.39 is 0 Å². The Morgan fingerprint density at radius 1 is 1.35 bits per heavy atom. The van der Waals surface area contributed by atoms with Crippen molar-refractivity contribution < 1.29 is 9.53 Å². The average Bonchev–Trinajstić information content (AvgIpc) is 3.01. The maximum atomic E-state index is 12.0. The van der Waals surface area contributed by atoms with E-state index in [2.05, 4.69) is 20.2 Å². The van der Waals surface area contributed by atoms with Crippen LogP contribution in [0.3, 0.4) is 0 Å². The summed E-state index contributed by atoms with van der Waals surface area (Å²) in [5.74, 6) is 0. The summed E-state index contributed by atoms with van der Waals surface area (Å²) in [5.41, 5.74) is 2.27. The van der Waals surface area contributed by atoms with Gasteiger partial charge in [0, 0.05) is 29.8 Å². The predicted molar refractivity (Wildman–Crippen MR) is 92.7 cm³/mol. The number of rotatable bonds is 6. The molecule has 2 rings (SSSR count). The predicted octanol–water partition coefficient (Wildman–Crippen LogP) is 3.53. The second kappa shape index (κ2) is 7.52. The van der Waals surface area contributed by atoms with Crippen molar-refractivity contribution in [3.8, 4) is 11.3 Å². The van der Waals surface area contributed by atoms with Crippen molar-refractivity contribution >= 4 is 23.3 Å². The standard InChI is InChI=1S/C16H22N4O2S/c1-11(9-16(2,3)22-4)17-15(21)18-13-7-5-12(6-8-13)14-10-23-20-19-14/h5-8,10-11H,9H2,1-4H3,(H2,17,18,21)/t11-/m1/s1. The van der Waals surface area contributed by atoms with Crippen LogP contribution >= 0.6 is 11.5 Å². The number of carbonyl (C=O) groups is 1. The quantitative estimate of drug-likeness (QED) is 0.847. The summed E-state index contributed by atoms with van der Waals surface area (Å²) in [6.07, 6.45) is 0.729. The third kappa shape index (κ3) is 5.30. The zero-order valence-electron chi connectivity index (χ0n) is 13.8. The van der Waals surface area contributed by atoms with Crippen LogP contribution in [-0.4, -0.2) is 34.4 Å². The first-order valence-electron chi connectivity index (χ1n) is 7.40. The molecule has 0 saturated carbocycles. The fourth-order valence-electron chi connectivity index (χ4n) is 2.28. The molecule has 2 N–H and O–H groups in total. The van der Waals surface area contributed by atoms with Crippen molar-refractivity contribution in [3.05, 3.63) is 29.6 Å². The molecule has 0 bridgehead atoms. The van der Waals surface area contributed by atoms with Gasteiger partial charge in [0.15, 0.2) is 0 Å². The minimum atomic E-state index is -0.268. The SMILES string of the molecule is COC(C)(C)C[C@@H](C)NC(=O)Nc1ccc(-c2csnn2)cc1. The van der Waals surface area contributed by atoms with Crippen molar-refractivity contribution in [1.29, 1.82) is 0 Å². The van der Waals surface area contributed by atoms with Gasteiger partial charge < -0.3 is 15.4 Å². The summed E-state index contributed by atoms with van der Waals surface area (Å²) in [4.78, 5) is 12.0. The van der Waals surface area contributed by atoms with Crippen molar-refractivity contribution in [1.82, 2.24) is 14.9 Å². The number of nitrogens with zero attached hydrogens (tertiary/aromatic N) is 2. The molecule has 1 heterocycles. The highest BCUT2D eigenvalue weighted by Crippen LogP contribution is 2.20. The summed E-state index contributed by atoms with van der Waals surface area (Å²) in [6.45, 7) is 5.95. The van der Waals surface area contributed by atoms with E-state index >= 15 is 0 Å². The van der Waals surface area contributed by atoms with E-state index in [0.717, 1.165) is 23.4 Å². The van der Waals surface area contributed by atoms with Crippen molar-refractivity contribution in [2.24, 2.45) is 0 Å². The van der Waals surface area contributed by atoms with Crippen LogP contribution in [-0.2, 0) is 4.74 Å². The third-order valence-electron chi connectivity index (χ3n) is 3.53. The summed E-state index contributed by atoms with van der Waals surface area (Å²) < 4.78 is 9.21.